The Morgan fingerprint density at radius 2 is 1.50 bits per heavy atom. The topological polar surface area (TPSA) is 24.1 Å². The first-order valence-electron chi connectivity index (χ1n) is 7.19. The second kappa shape index (κ2) is 6.47. The summed E-state index contributed by atoms with van der Waals surface area (Å²) in [6.07, 6.45) is 0. The summed E-state index contributed by atoms with van der Waals surface area (Å²) in [5.41, 5.74) is 7.75. The van der Waals surface area contributed by atoms with Crippen molar-refractivity contribution in [3.8, 4) is 0 Å². The van der Waals surface area contributed by atoms with Crippen molar-refractivity contribution in [3.05, 3.63) is 58.7 Å². The van der Waals surface area contributed by atoms with Crippen LogP contribution in [0.25, 0.3) is 0 Å². The summed E-state index contributed by atoms with van der Waals surface area (Å²) in [6, 6.07) is 12.9. The van der Waals surface area contributed by atoms with Gasteiger partial charge < -0.3 is 10.6 Å². The molecule has 0 unspecified atom stereocenters. The van der Waals surface area contributed by atoms with Gasteiger partial charge in [-0.05, 0) is 68.1 Å². The molecule has 0 saturated carbocycles. The van der Waals surface area contributed by atoms with Gasteiger partial charge in [0.25, 0.3) is 0 Å². The number of aryl methyl sites for hydroxylation is 3. The Bertz CT molecular complexity index is 588. The van der Waals surface area contributed by atoms with Crippen LogP contribution in [0.3, 0.4) is 0 Å². The zero-order valence-electron chi connectivity index (χ0n) is 12.9. The summed E-state index contributed by atoms with van der Waals surface area (Å²) in [5, 5.41) is 6.94. The third kappa shape index (κ3) is 3.53. The Hall–Kier alpha value is -1.96. The van der Waals surface area contributed by atoms with Crippen molar-refractivity contribution in [3.63, 3.8) is 0 Å². The number of anilines is 2. The molecule has 0 amide bonds. The van der Waals surface area contributed by atoms with E-state index in [-0.39, 0.29) is 0 Å². The fourth-order valence-corrected chi connectivity index (χ4v) is 2.20. The fraction of sp³-hybridized carbons (Fsp3) is 0.333. The molecule has 2 rings (SSSR count). The Labute approximate surface area is 122 Å². The number of nitrogens with one attached hydrogen (secondary N) is 2. The zero-order chi connectivity index (χ0) is 14.5. The Kier molecular flexibility index (Phi) is 4.67. The maximum atomic E-state index is 3.49. The minimum absolute atomic E-state index is 0.913. The summed E-state index contributed by atoms with van der Waals surface area (Å²) in [5.74, 6) is 0. The Morgan fingerprint density at radius 3 is 2.25 bits per heavy atom. The molecule has 2 aromatic rings. The van der Waals surface area contributed by atoms with Gasteiger partial charge in [-0.3, -0.25) is 0 Å². The number of benzene rings is 2. The standard InChI is InChI=1S/C18H24N2/c1-13-8-9-17(12-15(13)3)19-10-11-20-18-7-5-6-14(2)16(18)4/h5-9,12,19-20H,10-11H2,1-4H3. The third-order valence-corrected chi connectivity index (χ3v) is 3.88. The van der Waals surface area contributed by atoms with Crippen molar-refractivity contribution in [1.29, 1.82) is 0 Å². The largest absolute Gasteiger partial charge is 0.383 e. The van der Waals surface area contributed by atoms with E-state index in [1.54, 1.807) is 0 Å². The molecule has 0 spiro atoms. The van der Waals surface area contributed by atoms with Crippen molar-refractivity contribution in [2.45, 2.75) is 27.7 Å². The van der Waals surface area contributed by atoms with Gasteiger partial charge in [0.1, 0.15) is 0 Å². The Morgan fingerprint density at radius 1 is 0.750 bits per heavy atom. The second-order valence-electron chi connectivity index (χ2n) is 5.40. The van der Waals surface area contributed by atoms with Crippen molar-refractivity contribution in [2.24, 2.45) is 0 Å². The molecule has 2 heteroatoms. The molecule has 0 saturated heterocycles. The Balaban J connectivity index is 1.84. The molecule has 0 atom stereocenters. The van der Waals surface area contributed by atoms with E-state index in [1.807, 2.05) is 0 Å². The molecule has 20 heavy (non-hydrogen) atoms. The molecule has 0 aliphatic heterocycles. The van der Waals surface area contributed by atoms with Gasteiger partial charge in [-0.15, -0.1) is 0 Å². The van der Waals surface area contributed by atoms with Gasteiger partial charge in [0.15, 0.2) is 0 Å². The van der Waals surface area contributed by atoms with E-state index in [4.69, 9.17) is 0 Å². The SMILES string of the molecule is Cc1ccc(NCCNc2cccc(C)c2C)cc1C. The summed E-state index contributed by atoms with van der Waals surface area (Å²) in [7, 11) is 0. The highest BCUT2D eigenvalue weighted by Crippen LogP contribution is 2.17. The number of rotatable bonds is 5. The van der Waals surface area contributed by atoms with Crippen LogP contribution in [0.5, 0.6) is 0 Å². The van der Waals surface area contributed by atoms with Crippen LogP contribution in [0.4, 0.5) is 11.4 Å². The molecule has 0 radical (unpaired) electrons. The maximum absolute atomic E-state index is 3.49. The van der Waals surface area contributed by atoms with Crippen LogP contribution in [0.1, 0.15) is 22.3 Å². The molecular formula is C18H24N2. The van der Waals surface area contributed by atoms with Crippen LogP contribution in [-0.4, -0.2) is 13.1 Å². The fourth-order valence-electron chi connectivity index (χ4n) is 2.20. The molecule has 0 aliphatic rings. The van der Waals surface area contributed by atoms with Gasteiger partial charge in [0.05, 0.1) is 0 Å². The van der Waals surface area contributed by atoms with E-state index in [1.165, 1.54) is 33.6 Å². The van der Waals surface area contributed by atoms with Crippen molar-refractivity contribution >= 4 is 11.4 Å². The highest BCUT2D eigenvalue weighted by atomic mass is 14.9. The van der Waals surface area contributed by atoms with Gasteiger partial charge >= 0.3 is 0 Å². The quantitative estimate of drug-likeness (QED) is 0.783. The molecule has 0 aliphatic carbocycles. The van der Waals surface area contributed by atoms with Crippen molar-refractivity contribution in [2.75, 3.05) is 23.7 Å². The van der Waals surface area contributed by atoms with Gasteiger partial charge in [0, 0.05) is 24.5 Å². The van der Waals surface area contributed by atoms with E-state index < -0.39 is 0 Å². The predicted molar refractivity (Wildman–Crippen MR) is 88.8 cm³/mol. The lowest BCUT2D eigenvalue weighted by molar-refractivity contribution is 1.07. The summed E-state index contributed by atoms with van der Waals surface area (Å²) < 4.78 is 0. The third-order valence-electron chi connectivity index (χ3n) is 3.88. The van der Waals surface area contributed by atoms with E-state index in [0.717, 1.165) is 13.1 Å². The molecule has 106 valence electrons. The van der Waals surface area contributed by atoms with Crippen molar-refractivity contribution in [1.82, 2.24) is 0 Å². The average molecular weight is 268 g/mol. The molecule has 0 heterocycles. The van der Waals surface area contributed by atoms with Gasteiger partial charge in [-0.2, -0.15) is 0 Å². The molecule has 0 aromatic heterocycles. The first-order chi connectivity index (χ1) is 9.58. The maximum Gasteiger partial charge on any atom is 0.0373 e. The second-order valence-corrected chi connectivity index (χ2v) is 5.40. The van der Waals surface area contributed by atoms with E-state index in [9.17, 15) is 0 Å². The first kappa shape index (κ1) is 14.4. The van der Waals surface area contributed by atoms with Crippen LogP contribution >= 0.6 is 0 Å². The molecule has 0 bridgehead atoms. The van der Waals surface area contributed by atoms with Gasteiger partial charge in [-0.25, -0.2) is 0 Å². The molecule has 0 fully saturated rings. The van der Waals surface area contributed by atoms with Gasteiger partial charge in [-0.1, -0.05) is 18.2 Å². The van der Waals surface area contributed by atoms with Crippen LogP contribution in [0, 0.1) is 27.7 Å². The highest BCUT2D eigenvalue weighted by Gasteiger charge is 1.99. The minimum Gasteiger partial charge on any atom is -0.383 e. The summed E-state index contributed by atoms with van der Waals surface area (Å²) in [6.45, 7) is 10.4. The van der Waals surface area contributed by atoms with Crippen molar-refractivity contribution < 1.29 is 0 Å². The van der Waals surface area contributed by atoms with E-state index >= 15 is 0 Å². The summed E-state index contributed by atoms with van der Waals surface area (Å²) in [4.78, 5) is 0. The van der Waals surface area contributed by atoms with Crippen LogP contribution in [0.15, 0.2) is 36.4 Å². The predicted octanol–water partition coefficient (Wildman–Crippen LogP) is 4.44. The molecule has 2 N–H and O–H groups in total. The monoisotopic (exact) mass is 268 g/mol. The van der Waals surface area contributed by atoms with Gasteiger partial charge in [0.2, 0.25) is 0 Å². The lowest BCUT2D eigenvalue weighted by Crippen LogP contribution is -2.14. The lowest BCUT2D eigenvalue weighted by atomic mass is 10.1. The highest BCUT2D eigenvalue weighted by molar-refractivity contribution is 5.54. The minimum atomic E-state index is 0.913. The molecule has 2 aromatic carbocycles. The smallest absolute Gasteiger partial charge is 0.0373 e. The normalized spacial score (nSPS) is 10.4. The van der Waals surface area contributed by atoms with E-state index in [0.29, 0.717) is 0 Å². The number of hydrogen-bond donors (Lipinski definition) is 2. The summed E-state index contributed by atoms with van der Waals surface area (Å²) >= 11 is 0. The van der Waals surface area contributed by atoms with E-state index in [2.05, 4.69) is 74.7 Å². The van der Waals surface area contributed by atoms with Crippen LogP contribution in [-0.2, 0) is 0 Å². The molecule has 2 nitrogen and oxygen atoms in total. The zero-order valence-corrected chi connectivity index (χ0v) is 12.9. The molecular weight excluding hydrogens is 244 g/mol. The van der Waals surface area contributed by atoms with Crippen LogP contribution < -0.4 is 10.6 Å². The van der Waals surface area contributed by atoms with Crippen LogP contribution in [0.2, 0.25) is 0 Å². The average Bonchev–Trinajstić information content (AvgIpc) is 2.43. The lowest BCUT2D eigenvalue weighted by Gasteiger charge is -2.13. The first-order valence-corrected chi connectivity index (χ1v) is 7.19. The number of hydrogen-bond acceptors (Lipinski definition) is 2.